The molecule has 0 aliphatic carbocycles. The number of hydrogen-bond donors (Lipinski definition) is 2. The number of halogens is 1. The minimum atomic E-state index is -0.224. The van der Waals surface area contributed by atoms with Gasteiger partial charge in [0, 0.05) is 16.6 Å². The lowest BCUT2D eigenvalue weighted by Crippen LogP contribution is -2.30. The van der Waals surface area contributed by atoms with Crippen LogP contribution in [0, 0.1) is 0 Å². The number of nitrogens with one attached hydrogen (secondary N) is 2. The topological polar surface area (TPSA) is 70.7 Å². The molecule has 0 fully saturated rings. The Kier molecular flexibility index (Phi) is 5.19. The lowest BCUT2D eigenvalue weighted by molar-refractivity contribution is -0.120. The molecular formula is C13H15BrN4OS. The summed E-state index contributed by atoms with van der Waals surface area (Å²) in [6.45, 7) is 4.36. The van der Waals surface area contributed by atoms with Crippen LogP contribution in [0.1, 0.15) is 13.8 Å². The summed E-state index contributed by atoms with van der Waals surface area (Å²) < 4.78 is 0.949. The van der Waals surface area contributed by atoms with Gasteiger partial charge in [-0.25, -0.2) is 4.98 Å². The number of nitrogens with zero attached hydrogens (tertiary/aromatic N) is 2. The molecule has 0 aliphatic heterocycles. The highest BCUT2D eigenvalue weighted by atomic mass is 79.9. The molecule has 0 saturated heterocycles. The monoisotopic (exact) mass is 354 g/mol. The Labute approximate surface area is 130 Å². The van der Waals surface area contributed by atoms with Crippen LogP contribution in [0.3, 0.4) is 0 Å². The van der Waals surface area contributed by atoms with Crippen molar-refractivity contribution in [2.24, 2.45) is 0 Å². The largest absolute Gasteiger partial charge is 0.355 e. The van der Waals surface area contributed by atoms with Crippen LogP contribution in [-0.2, 0) is 4.79 Å². The second-order valence-electron chi connectivity index (χ2n) is 4.10. The van der Waals surface area contributed by atoms with Gasteiger partial charge in [0.05, 0.1) is 5.25 Å². The van der Waals surface area contributed by atoms with Crippen molar-refractivity contribution in [2.75, 3.05) is 6.54 Å². The molecule has 1 atom stereocenters. The van der Waals surface area contributed by atoms with Crippen molar-refractivity contribution in [3.8, 4) is 11.4 Å². The van der Waals surface area contributed by atoms with Crippen LogP contribution in [0.5, 0.6) is 0 Å². The summed E-state index contributed by atoms with van der Waals surface area (Å²) in [5.41, 5.74) is 0.942. The summed E-state index contributed by atoms with van der Waals surface area (Å²) in [5.74, 6) is 0.674. The Morgan fingerprint density at radius 1 is 1.50 bits per heavy atom. The first-order valence-corrected chi connectivity index (χ1v) is 7.90. The maximum absolute atomic E-state index is 11.7. The molecule has 0 bridgehead atoms. The first-order valence-electron chi connectivity index (χ1n) is 6.23. The second-order valence-corrected chi connectivity index (χ2v) is 6.26. The van der Waals surface area contributed by atoms with Crippen molar-refractivity contribution < 1.29 is 4.79 Å². The summed E-state index contributed by atoms with van der Waals surface area (Å²) in [4.78, 5) is 16.1. The van der Waals surface area contributed by atoms with Crippen molar-refractivity contribution in [3.63, 3.8) is 0 Å². The first kappa shape index (κ1) is 15.1. The van der Waals surface area contributed by atoms with E-state index in [2.05, 4.69) is 36.4 Å². The highest BCUT2D eigenvalue weighted by Gasteiger charge is 2.17. The summed E-state index contributed by atoms with van der Waals surface area (Å²) >= 11 is 4.81. The third-order valence-electron chi connectivity index (χ3n) is 2.60. The fraction of sp³-hybridized carbons (Fsp3) is 0.308. The Balaban J connectivity index is 2.10. The molecule has 5 nitrogen and oxygen atoms in total. The van der Waals surface area contributed by atoms with Gasteiger partial charge in [0.15, 0.2) is 5.82 Å². The van der Waals surface area contributed by atoms with E-state index in [-0.39, 0.29) is 11.2 Å². The number of carbonyl (C=O) groups excluding carboxylic acids is 1. The van der Waals surface area contributed by atoms with Crippen LogP contribution in [0.4, 0.5) is 0 Å². The predicted octanol–water partition coefficient (Wildman–Crippen LogP) is 2.85. The first-order chi connectivity index (χ1) is 9.61. The molecule has 2 N–H and O–H groups in total. The number of aromatic amines is 1. The highest BCUT2D eigenvalue weighted by molar-refractivity contribution is 9.10. The SMILES string of the molecule is CCNC(=O)[C@@H](C)Sc1n[nH]c(-c2ccccc2Br)n1. The number of thioether (sulfide) groups is 1. The van der Waals surface area contributed by atoms with E-state index < -0.39 is 0 Å². The standard InChI is InChI=1S/C13H15BrN4OS/c1-3-15-12(19)8(2)20-13-16-11(17-18-13)9-6-4-5-7-10(9)14/h4-8H,3H2,1-2H3,(H,15,19)(H,16,17,18)/t8-/m1/s1. The van der Waals surface area contributed by atoms with Gasteiger partial charge >= 0.3 is 0 Å². The lowest BCUT2D eigenvalue weighted by atomic mass is 10.2. The van der Waals surface area contributed by atoms with Crippen molar-refractivity contribution in [1.82, 2.24) is 20.5 Å². The van der Waals surface area contributed by atoms with E-state index in [0.29, 0.717) is 17.5 Å². The normalized spacial score (nSPS) is 12.2. The number of H-pyrrole nitrogens is 1. The van der Waals surface area contributed by atoms with Crippen LogP contribution < -0.4 is 5.32 Å². The molecule has 0 saturated carbocycles. The molecule has 1 aromatic carbocycles. The zero-order valence-corrected chi connectivity index (χ0v) is 13.6. The van der Waals surface area contributed by atoms with Crippen LogP contribution in [0.25, 0.3) is 11.4 Å². The van der Waals surface area contributed by atoms with Crippen LogP contribution in [0.2, 0.25) is 0 Å². The average molecular weight is 355 g/mol. The van der Waals surface area contributed by atoms with Crippen molar-refractivity contribution in [1.29, 1.82) is 0 Å². The van der Waals surface area contributed by atoms with Crippen molar-refractivity contribution >= 4 is 33.6 Å². The molecule has 0 unspecified atom stereocenters. The van der Waals surface area contributed by atoms with Crippen molar-refractivity contribution in [3.05, 3.63) is 28.7 Å². The van der Waals surface area contributed by atoms with E-state index in [9.17, 15) is 4.79 Å². The van der Waals surface area contributed by atoms with Gasteiger partial charge < -0.3 is 5.32 Å². The Bertz CT molecular complexity index is 602. The van der Waals surface area contributed by atoms with E-state index >= 15 is 0 Å². The molecule has 0 radical (unpaired) electrons. The van der Waals surface area contributed by atoms with Gasteiger partial charge in [0.25, 0.3) is 0 Å². The van der Waals surface area contributed by atoms with E-state index in [0.717, 1.165) is 10.0 Å². The fourth-order valence-corrected chi connectivity index (χ4v) is 2.82. The van der Waals surface area contributed by atoms with Gasteiger partial charge in [-0.05, 0) is 19.9 Å². The Hall–Kier alpha value is -1.34. The Morgan fingerprint density at radius 3 is 2.95 bits per heavy atom. The van der Waals surface area contributed by atoms with Gasteiger partial charge in [-0.3, -0.25) is 9.89 Å². The van der Waals surface area contributed by atoms with E-state index in [1.807, 2.05) is 38.1 Å². The molecule has 2 rings (SSSR count). The smallest absolute Gasteiger partial charge is 0.233 e. The molecule has 0 spiro atoms. The van der Waals surface area contributed by atoms with Gasteiger partial charge in [-0.2, -0.15) is 0 Å². The number of benzene rings is 1. The third-order valence-corrected chi connectivity index (χ3v) is 4.25. The third kappa shape index (κ3) is 3.61. The van der Waals surface area contributed by atoms with Crippen LogP contribution in [0.15, 0.2) is 33.9 Å². The number of amides is 1. The number of rotatable bonds is 5. The van der Waals surface area contributed by atoms with Gasteiger partial charge in [-0.15, -0.1) is 5.10 Å². The number of aromatic nitrogens is 3. The molecule has 1 amide bonds. The van der Waals surface area contributed by atoms with Crippen LogP contribution in [-0.4, -0.2) is 32.9 Å². The minimum Gasteiger partial charge on any atom is -0.355 e. The molecule has 1 heterocycles. The molecule has 106 valence electrons. The Morgan fingerprint density at radius 2 is 2.25 bits per heavy atom. The zero-order valence-electron chi connectivity index (χ0n) is 11.2. The summed E-state index contributed by atoms with van der Waals surface area (Å²) in [7, 11) is 0. The quantitative estimate of drug-likeness (QED) is 0.810. The average Bonchev–Trinajstić information content (AvgIpc) is 2.87. The van der Waals surface area contributed by atoms with Crippen LogP contribution >= 0.6 is 27.7 Å². The van der Waals surface area contributed by atoms with Gasteiger partial charge in [0.2, 0.25) is 11.1 Å². The van der Waals surface area contributed by atoms with Gasteiger partial charge in [-0.1, -0.05) is 45.9 Å². The number of hydrogen-bond acceptors (Lipinski definition) is 4. The fourth-order valence-electron chi connectivity index (χ4n) is 1.60. The summed E-state index contributed by atoms with van der Waals surface area (Å²) in [6.07, 6.45) is 0. The highest BCUT2D eigenvalue weighted by Crippen LogP contribution is 2.27. The van der Waals surface area contributed by atoms with Gasteiger partial charge in [0.1, 0.15) is 0 Å². The molecule has 1 aromatic heterocycles. The molecule has 7 heteroatoms. The second kappa shape index (κ2) is 6.90. The number of carbonyl (C=O) groups is 1. The van der Waals surface area contributed by atoms with E-state index in [1.54, 1.807) is 0 Å². The maximum Gasteiger partial charge on any atom is 0.233 e. The minimum absolute atomic E-state index is 0.00950. The zero-order chi connectivity index (χ0) is 14.5. The van der Waals surface area contributed by atoms with E-state index in [4.69, 9.17) is 0 Å². The predicted molar refractivity (Wildman–Crippen MR) is 83.5 cm³/mol. The molecular weight excluding hydrogens is 340 g/mol. The molecule has 0 aliphatic rings. The van der Waals surface area contributed by atoms with E-state index in [1.165, 1.54) is 11.8 Å². The molecule has 20 heavy (non-hydrogen) atoms. The molecule has 2 aromatic rings. The van der Waals surface area contributed by atoms with Crippen molar-refractivity contribution in [2.45, 2.75) is 24.3 Å². The lowest BCUT2D eigenvalue weighted by Gasteiger charge is -2.07. The summed E-state index contributed by atoms with van der Waals surface area (Å²) in [5, 5.41) is 10.2. The summed E-state index contributed by atoms with van der Waals surface area (Å²) in [6, 6.07) is 7.78. The maximum atomic E-state index is 11.7.